The topological polar surface area (TPSA) is 55.4 Å². The molecule has 0 spiro atoms. The Morgan fingerprint density at radius 3 is 2.72 bits per heavy atom. The molecule has 1 aromatic rings. The molecule has 1 amide bonds. The Bertz CT molecular complexity index is 449. The van der Waals surface area contributed by atoms with Crippen molar-refractivity contribution in [2.45, 2.75) is 13.3 Å². The number of carbonyl (C=O) groups is 2. The van der Waals surface area contributed by atoms with Crippen LogP contribution in [0.4, 0.5) is 0 Å². The maximum absolute atomic E-state index is 11.8. The minimum absolute atomic E-state index is 0.172. The summed E-state index contributed by atoms with van der Waals surface area (Å²) >= 11 is 6.61. The van der Waals surface area contributed by atoms with Crippen LogP contribution < -0.4 is 5.32 Å². The molecular weight excluding hydrogens is 366 g/mol. The molecular formula is C12H13Br2NO3. The summed E-state index contributed by atoms with van der Waals surface area (Å²) in [6.07, 6.45) is 0.172. The van der Waals surface area contributed by atoms with Gasteiger partial charge in [-0.1, -0.05) is 15.9 Å². The molecule has 6 heteroatoms. The second-order valence-corrected chi connectivity index (χ2v) is 5.21. The number of halogens is 2. The number of hydrogen-bond donors (Lipinski definition) is 1. The van der Waals surface area contributed by atoms with Crippen molar-refractivity contribution in [3.8, 4) is 0 Å². The highest BCUT2D eigenvalue weighted by Crippen LogP contribution is 2.21. The SMILES string of the molecule is CCOC(=O)CCNC(=O)c1cc(Br)ccc1Br. The Morgan fingerprint density at radius 1 is 1.33 bits per heavy atom. The smallest absolute Gasteiger partial charge is 0.307 e. The van der Waals surface area contributed by atoms with Gasteiger partial charge >= 0.3 is 5.97 Å². The van der Waals surface area contributed by atoms with Crippen LogP contribution in [0.2, 0.25) is 0 Å². The molecule has 0 aromatic heterocycles. The Balaban J connectivity index is 2.50. The minimum atomic E-state index is -0.314. The molecule has 1 N–H and O–H groups in total. The van der Waals surface area contributed by atoms with Crippen molar-refractivity contribution in [1.82, 2.24) is 5.32 Å². The minimum Gasteiger partial charge on any atom is -0.466 e. The van der Waals surface area contributed by atoms with E-state index >= 15 is 0 Å². The van der Waals surface area contributed by atoms with Gasteiger partial charge in [-0.05, 0) is 41.1 Å². The van der Waals surface area contributed by atoms with E-state index in [1.807, 2.05) is 6.07 Å². The second kappa shape index (κ2) is 7.53. The fraction of sp³-hybridized carbons (Fsp3) is 0.333. The first-order chi connectivity index (χ1) is 8.54. The molecule has 0 saturated carbocycles. The standard InChI is InChI=1S/C12H13Br2NO3/c1-2-18-11(16)5-6-15-12(17)9-7-8(13)3-4-10(9)14/h3-4,7H,2,5-6H2,1H3,(H,15,17). The van der Waals surface area contributed by atoms with Gasteiger partial charge in [0, 0.05) is 15.5 Å². The van der Waals surface area contributed by atoms with Gasteiger partial charge in [0.1, 0.15) is 0 Å². The average molecular weight is 379 g/mol. The number of benzene rings is 1. The highest BCUT2D eigenvalue weighted by molar-refractivity contribution is 9.11. The first kappa shape index (κ1) is 15.2. The molecule has 1 aromatic carbocycles. The highest BCUT2D eigenvalue weighted by atomic mass is 79.9. The number of rotatable bonds is 5. The number of amides is 1. The summed E-state index contributed by atoms with van der Waals surface area (Å²) in [7, 11) is 0. The number of hydrogen-bond acceptors (Lipinski definition) is 3. The lowest BCUT2D eigenvalue weighted by Gasteiger charge is -2.07. The monoisotopic (exact) mass is 377 g/mol. The molecule has 0 bridgehead atoms. The number of esters is 1. The van der Waals surface area contributed by atoms with Crippen LogP contribution in [0.25, 0.3) is 0 Å². The third kappa shape index (κ3) is 4.78. The fourth-order valence-electron chi connectivity index (χ4n) is 1.28. The first-order valence-electron chi connectivity index (χ1n) is 5.43. The maximum Gasteiger partial charge on any atom is 0.307 e. The van der Waals surface area contributed by atoms with E-state index in [0.717, 1.165) is 4.47 Å². The Hall–Kier alpha value is -0.880. The van der Waals surface area contributed by atoms with E-state index in [4.69, 9.17) is 4.74 Å². The summed E-state index contributed by atoms with van der Waals surface area (Å²) in [4.78, 5) is 22.9. The molecule has 0 heterocycles. The Morgan fingerprint density at radius 2 is 2.06 bits per heavy atom. The summed E-state index contributed by atoms with van der Waals surface area (Å²) in [6.45, 7) is 2.36. The van der Waals surface area contributed by atoms with Gasteiger partial charge in [-0.2, -0.15) is 0 Å². The fourth-order valence-corrected chi connectivity index (χ4v) is 2.07. The van der Waals surface area contributed by atoms with Crippen LogP contribution >= 0.6 is 31.9 Å². The van der Waals surface area contributed by atoms with E-state index < -0.39 is 0 Å². The van der Waals surface area contributed by atoms with E-state index in [0.29, 0.717) is 16.6 Å². The summed E-state index contributed by atoms with van der Waals surface area (Å²) in [5.74, 6) is -0.543. The van der Waals surface area contributed by atoms with Crippen molar-refractivity contribution in [2.24, 2.45) is 0 Å². The molecule has 0 atom stereocenters. The van der Waals surface area contributed by atoms with Crippen LogP contribution in [0.5, 0.6) is 0 Å². The van der Waals surface area contributed by atoms with Crippen LogP contribution in [0.3, 0.4) is 0 Å². The molecule has 0 radical (unpaired) electrons. The van der Waals surface area contributed by atoms with Crippen LogP contribution in [0.1, 0.15) is 23.7 Å². The van der Waals surface area contributed by atoms with Gasteiger partial charge in [0.05, 0.1) is 18.6 Å². The third-order valence-electron chi connectivity index (χ3n) is 2.09. The third-order valence-corrected chi connectivity index (χ3v) is 3.28. The lowest BCUT2D eigenvalue weighted by molar-refractivity contribution is -0.142. The van der Waals surface area contributed by atoms with Crippen LogP contribution in [0, 0.1) is 0 Å². The quantitative estimate of drug-likeness (QED) is 0.801. The lowest BCUT2D eigenvalue weighted by atomic mass is 10.2. The predicted octanol–water partition coefficient (Wildman–Crippen LogP) is 2.89. The van der Waals surface area contributed by atoms with Crippen molar-refractivity contribution in [3.05, 3.63) is 32.7 Å². The molecule has 0 aliphatic rings. The zero-order chi connectivity index (χ0) is 13.5. The molecule has 1 rings (SSSR count). The van der Waals surface area contributed by atoms with Gasteiger partial charge in [0.25, 0.3) is 5.91 Å². The molecule has 0 fully saturated rings. The molecule has 0 unspecified atom stereocenters. The van der Waals surface area contributed by atoms with Gasteiger partial charge in [-0.3, -0.25) is 9.59 Å². The molecule has 98 valence electrons. The normalized spacial score (nSPS) is 9.94. The summed E-state index contributed by atoms with van der Waals surface area (Å²) < 4.78 is 6.29. The average Bonchev–Trinajstić information content (AvgIpc) is 2.32. The largest absolute Gasteiger partial charge is 0.466 e. The van der Waals surface area contributed by atoms with E-state index in [9.17, 15) is 9.59 Å². The zero-order valence-corrected chi connectivity index (χ0v) is 13.0. The summed E-state index contributed by atoms with van der Waals surface area (Å²) in [6, 6.07) is 5.33. The van der Waals surface area contributed by atoms with E-state index in [1.54, 1.807) is 19.1 Å². The number of nitrogens with one attached hydrogen (secondary N) is 1. The summed E-state index contributed by atoms with van der Waals surface area (Å²) in [5, 5.41) is 2.67. The lowest BCUT2D eigenvalue weighted by Crippen LogP contribution is -2.26. The second-order valence-electron chi connectivity index (χ2n) is 3.44. The molecule has 0 aliphatic heterocycles. The van der Waals surface area contributed by atoms with E-state index in [1.165, 1.54) is 0 Å². The first-order valence-corrected chi connectivity index (χ1v) is 7.02. The van der Waals surface area contributed by atoms with Gasteiger partial charge in [0.2, 0.25) is 0 Å². The van der Waals surface area contributed by atoms with Crippen LogP contribution in [-0.2, 0) is 9.53 Å². The van der Waals surface area contributed by atoms with Crippen molar-refractivity contribution in [3.63, 3.8) is 0 Å². The highest BCUT2D eigenvalue weighted by Gasteiger charge is 2.10. The van der Waals surface area contributed by atoms with Crippen molar-refractivity contribution >= 4 is 43.7 Å². The zero-order valence-electron chi connectivity index (χ0n) is 9.83. The Labute approximate surface area is 122 Å². The van der Waals surface area contributed by atoms with Gasteiger partial charge in [0.15, 0.2) is 0 Å². The van der Waals surface area contributed by atoms with Crippen molar-refractivity contribution in [1.29, 1.82) is 0 Å². The molecule has 0 saturated heterocycles. The van der Waals surface area contributed by atoms with Crippen LogP contribution in [0.15, 0.2) is 27.1 Å². The number of ether oxygens (including phenoxy) is 1. The molecule has 18 heavy (non-hydrogen) atoms. The van der Waals surface area contributed by atoms with Crippen LogP contribution in [-0.4, -0.2) is 25.0 Å². The van der Waals surface area contributed by atoms with Gasteiger partial charge in [-0.25, -0.2) is 0 Å². The van der Waals surface area contributed by atoms with E-state index in [2.05, 4.69) is 37.2 Å². The van der Waals surface area contributed by atoms with Crippen molar-refractivity contribution in [2.75, 3.05) is 13.2 Å². The maximum atomic E-state index is 11.8. The summed E-state index contributed by atoms with van der Waals surface area (Å²) in [5.41, 5.74) is 0.522. The molecule has 4 nitrogen and oxygen atoms in total. The number of carbonyl (C=O) groups excluding carboxylic acids is 2. The van der Waals surface area contributed by atoms with Gasteiger partial charge < -0.3 is 10.1 Å². The predicted molar refractivity (Wildman–Crippen MR) is 75.4 cm³/mol. The van der Waals surface area contributed by atoms with E-state index in [-0.39, 0.29) is 24.8 Å². The van der Waals surface area contributed by atoms with Gasteiger partial charge in [-0.15, -0.1) is 0 Å². The Kier molecular flexibility index (Phi) is 6.35. The van der Waals surface area contributed by atoms with Crippen molar-refractivity contribution < 1.29 is 14.3 Å². The molecule has 0 aliphatic carbocycles.